The molecule has 0 fully saturated rings. The molecule has 2 nitrogen and oxygen atoms in total. The van der Waals surface area contributed by atoms with Crippen molar-refractivity contribution in [3.8, 4) is 0 Å². The third-order valence-corrected chi connectivity index (χ3v) is 1.71. The average Bonchev–Trinajstić information content (AvgIpc) is 2.05. The van der Waals surface area contributed by atoms with Gasteiger partial charge in [0, 0.05) is 19.3 Å². The molecule has 2 N–H and O–H groups in total. The summed E-state index contributed by atoms with van der Waals surface area (Å²) in [6.45, 7) is 1.90. The monoisotopic (exact) mass is 134 g/mol. The van der Waals surface area contributed by atoms with Crippen molar-refractivity contribution in [2.24, 2.45) is 0 Å². The molecule has 2 heterocycles. The lowest BCUT2D eigenvalue weighted by molar-refractivity contribution is 0.836. The molecule has 0 radical (unpaired) electrons. The Morgan fingerprint density at radius 1 is 1.30 bits per heavy atom. The summed E-state index contributed by atoms with van der Waals surface area (Å²) in [4.78, 5) is 0. The topological polar surface area (TPSA) is 24.1 Å². The van der Waals surface area contributed by atoms with Crippen LogP contribution in [-0.4, -0.2) is 13.1 Å². The van der Waals surface area contributed by atoms with Gasteiger partial charge in [-0.05, 0) is 5.57 Å². The maximum absolute atomic E-state index is 3.26. The number of hydrogen-bond acceptors (Lipinski definition) is 2. The Morgan fingerprint density at radius 2 is 2.30 bits per heavy atom. The summed E-state index contributed by atoms with van der Waals surface area (Å²) in [5.74, 6) is 0. The fraction of sp³-hybridized carbons (Fsp3) is 0.250. The maximum Gasteiger partial charge on any atom is 0.0573 e. The molecule has 0 amide bonds. The number of nitrogens with one attached hydrogen (secondary N) is 2. The highest BCUT2D eigenvalue weighted by atomic mass is 14.9. The van der Waals surface area contributed by atoms with Gasteiger partial charge in [0.05, 0.1) is 5.70 Å². The van der Waals surface area contributed by atoms with E-state index in [1.807, 2.05) is 6.20 Å². The van der Waals surface area contributed by atoms with Crippen LogP contribution in [0.1, 0.15) is 0 Å². The van der Waals surface area contributed by atoms with Gasteiger partial charge in [-0.25, -0.2) is 0 Å². The molecule has 0 aliphatic carbocycles. The Hall–Kier alpha value is -1.18. The molecule has 0 unspecified atom stereocenters. The third-order valence-electron chi connectivity index (χ3n) is 1.71. The van der Waals surface area contributed by atoms with Crippen LogP contribution in [0.2, 0.25) is 0 Å². The van der Waals surface area contributed by atoms with Gasteiger partial charge in [0.1, 0.15) is 0 Å². The lowest BCUT2D eigenvalue weighted by atomic mass is 10.1. The molecule has 0 bridgehead atoms. The lowest BCUT2D eigenvalue weighted by Gasteiger charge is -2.18. The van der Waals surface area contributed by atoms with E-state index >= 15 is 0 Å². The van der Waals surface area contributed by atoms with Crippen LogP contribution < -0.4 is 10.6 Å². The van der Waals surface area contributed by atoms with Crippen LogP contribution in [-0.2, 0) is 0 Å². The number of rotatable bonds is 0. The van der Waals surface area contributed by atoms with E-state index in [1.165, 1.54) is 11.3 Å². The van der Waals surface area contributed by atoms with Gasteiger partial charge < -0.3 is 10.6 Å². The second-order valence-corrected chi connectivity index (χ2v) is 2.41. The first kappa shape index (κ1) is 5.59. The first-order chi connectivity index (χ1) is 4.97. The fourth-order valence-corrected chi connectivity index (χ4v) is 1.19. The molecule has 2 heteroatoms. The van der Waals surface area contributed by atoms with E-state index in [2.05, 4.69) is 28.9 Å². The smallest absolute Gasteiger partial charge is 0.0573 e. The van der Waals surface area contributed by atoms with Crippen molar-refractivity contribution in [3.05, 3.63) is 35.7 Å². The summed E-state index contributed by atoms with van der Waals surface area (Å²) in [7, 11) is 0. The van der Waals surface area contributed by atoms with E-state index in [0.717, 1.165) is 13.1 Å². The van der Waals surface area contributed by atoms with Crippen molar-refractivity contribution in [2.45, 2.75) is 0 Å². The Labute approximate surface area is 60.3 Å². The molecular formula is C8H10N2. The van der Waals surface area contributed by atoms with Crippen LogP contribution in [0.25, 0.3) is 0 Å². The first-order valence-corrected chi connectivity index (χ1v) is 3.51. The van der Waals surface area contributed by atoms with Gasteiger partial charge in [-0.3, -0.25) is 0 Å². The number of fused-ring (bicyclic) bond motifs is 1. The van der Waals surface area contributed by atoms with Gasteiger partial charge in [0.25, 0.3) is 0 Å². The Morgan fingerprint density at radius 3 is 3.20 bits per heavy atom. The van der Waals surface area contributed by atoms with Crippen LogP contribution in [0.3, 0.4) is 0 Å². The standard InChI is InChI=1S/C8H10N2/c1-2-7-3-5-9-6-8(7)10-4-1/h1-3,6,9-10H,4-5H2. The van der Waals surface area contributed by atoms with Crippen molar-refractivity contribution in [1.82, 2.24) is 10.6 Å². The first-order valence-electron chi connectivity index (χ1n) is 3.51. The van der Waals surface area contributed by atoms with E-state index in [9.17, 15) is 0 Å². The Kier molecular flexibility index (Phi) is 1.24. The summed E-state index contributed by atoms with van der Waals surface area (Å²) in [6.07, 6.45) is 8.49. The largest absolute Gasteiger partial charge is 0.386 e. The highest BCUT2D eigenvalue weighted by molar-refractivity contribution is 5.43. The SMILES string of the molecule is C1=CC2=CCNC=C2NC1. The zero-order valence-electron chi connectivity index (χ0n) is 5.72. The average molecular weight is 134 g/mol. The predicted octanol–water partition coefficient (Wildman–Crippen LogP) is 0.517. The number of hydrogen-bond donors (Lipinski definition) is 2. The molecule has 0 aromatic rings. The number of dihydropyridines is 1. The van der Waals surface area contributed by atoms with Crippen LogP contribution in [0, 0.1) is 0 Å². The second kappa shape index (κ2) is 2.21. The fourth-order valence-electron chi connectivity index (χ4n) is 1.19. The zero-order valence-corrected chi connectivity index (χ0v) is 5.72. The van der Waals surface area contributed by atoms with Gasteiger partial charge in [-0.1, -0.05) is 18.2 Å². The van der Waals surface area contributed by atoms with Gasteiger partial charge >= 0.3 is 0 Å². The molecule has 52 valence electrons. The summed E-state index contributed by atoms with van der Waals surface area (Å²) >= 11 is 0. The van der Waals surface area contributed by atoms with Gasteiger partial charge in [-0.2, -0.15) is 0 Å². The second-order valence-electron chi connectivity index (χ2n) is 2.41. The van der Waals surface area contributed by atoms with E-state index < -0.39 is 0 Å². The maximum atomic E-state index is 3.26. The van der Waals surface area contributed by atoms with Crippen LogP contribution in [0.15, 0.2) is 35.7 Å². The van der Waals surface area contributed by atoms with E-state index in [0.29, 0.717) is 0 Å². The molecular weight excluding hydrogens is 124 g/mol. The summed E-state index contributed by atoms with van der Waals surface area (Å²) in [5.41, 5.74) is 2.53. The van der Waals surface area contributed by atoms with E-state index in [-0.39, 0.29) is 0 Å². The van der Waals surface area contributed by atoms with Gasteiger partial charge in [0.15, 0.2) is 0 Å². The van der Waals surface area contributed by atoms with Crippen molar-refractivity contribution in [3.63, 3.8) is 0 Å². The number of allylic oxidation sites excluding steroid dienone is 1. The summed E-state index contributed by atoms with van der Waals surface area (Å²) in [5, 5.41) is 6.41. The molecule has 2 aliphatic heterocycles. The normalized spacial score (nSPS) is 21.6. The van der Waals surface area contributed by atoms with Crippen LogP contribution >= 0.6 is 0 Å². The molecule has 10 heavy (non-hydrogen) atoms. The van der Waals surface area contributed by atoms with E-state index in [1.54, 1.807) is 0 Å². The highest BCUT2D eigenvalue weighted by Crippen LogP contribution is 2.13. The Bertz CT molecular complexity index is 223. The zero-order chi connectivity index (χ0) is 6.81. The molecule has 2 aliphatic rings. The van der Waals surface area contributed by atoms with Crippen molar-refractivity contribution < 1.29 is 0 Å². The highest BCUT2D eigenvalue weighted by Gasteiger charge is 2.06. The molecule has 0 spiro atoms. The summed E-state index contributed by atoms with van der Waals surface area (Å²) in [6, 6.07) is 0. The molecule has 0 aromatic carbocycles. The minimum absolute atomic E-state index is 0.949. The minimum atomic E-state index is 0.949. The lowest BCUT2D eigenvalue weighted by Crippen LogP contribution is -2.24. The molecule has 2 rings (SSSR count). The van der Waals surface area contributed by atoms with Crippen LogP contribution in [0.4, 0.5) is 0 Å². The van der Waals surface area contributed by atoms with Gasteiger partial charge in [-0.15, -0.1) is 0 Å². The van der Waals surface area contributed by atoms with E-state index in [4.69, 9.17) is 0 Å². The van der Waals surface area contributed by atoms with Crippen LogP contribution in [0.5, 0.6) is 0 Å². The quantitative estimate of drug-likeness (QED) is 0.504. The molecule has 0 saturated carbocycles. The van der Waals surface area contributed by atoms with Crippen molar-refractivity contribution in [1.29, 1.82) is 0 Å². The molecule has 0 aromatic heterocycles. The van der Waals surface area contributed by atoms with Gasteiger partial charge in [0.2, 0.25) is 0 Å². The third kappa shape index (κ3) is 0.817. The van der Waals surface area contributed by atoms with Crippen molar-refractivity contribution in [2.75, 3.05) is 13.1 Å². The summed E-state index contributed by atoms with van der Waals surface area (Å²) < 4.78 is 0. The minimum Gasteiger partial charge on any atom is -0.386 e. The Balaban J connectivity index is 2.33. The molecule has 0 atom stereocenters. The predicted molar refractivity (Wildman–Crippen MR) is 41.3 cm³/mol. The van der Waals surface area contributed by atoms with Crippen molar-refractivity contribution >= 4 is 0 Å². The molecule has 0 saturated heterocycles.